The number of methoxy groups -OCH3 is 1. The van der Waals surface area contributed by atoms with Gasteiger partial charge in [0.1, 0.15) is 0 Å². The van der Waals surface area contributed by atoms with Crippen LogP contribution in [-0.4, -0.2) is 26.3 Å². The molecular weight excluding hydrogens is 198 g/mol. The first kappa shape index (κ1) is 14.0. The number of hydrogen-bond donors (Lipinski definition) is 1. The van der Waals surface area contributed by atoms with Gasteiger partial charge in [0.25, 0.3) is 0 Å². The lowest BCUT2D eigenvalue weighted by Gasteiger charge is -2.33. The van der Waals surface area contributed by atoms with Gasteiger partial charge in [-0.25, -0.2) is 0 Å². The van der Waals surface area contributed by atoms with Crippen LogP contribution in [0.3, 0.4) is 0 Å². The smallest absolute Gasteiger partial charge is 0.0543 e. The zero-order valence-corrected chi connectivity index (χ0v) is 11.5. The second-order valence-electron chi connectivity index (χ2n) is 5.55. The van der Waals surface area contributed by atoms with Crippen LogP contribution >= 0.6 is 0 Å². The second kappa shape index (κ2) is 7.29. The Hall–Kier alpha value is -0.0800. The summed E-state index contributed by atoms with van der Waals surface area (Å²) in [7, 11) is 3.92. The molecule has 1 aliphatic rings. The third kappa shape index (κ3) is 4.42. The molecule has 0 aromatic heterocycles. The first-order valence-electron chi connectivity index (χ1n) is 6.87. The monoisotopic (exact) mass is 227 g/mol. The summed E-state index contributed by atoms with van der Waals surface area (Å²) in [4.78, 5) is 0. The molecule has 1 N–H and O–H groups in total. The summed E-state index contributed by atoms with van der Waals surface area (Å²) in [6.07, 6.45) is 8.50. The molecule has 16 heavy (non-hydrogen) atoms. The summed E-state index contributed by atoms with van der Waals surface area (Å²) < 4.78 is 5.33. The van der Waals surface area contributed by atoms with Gasteiger partial charge in [0.2, 0.25) is 0 Å². The van der Waals surface area contributed by atoms with Crippen molar-refractivity contribution in [2.75, 3.05) is 14.2 Å². The van der Waals surface area contributed by atoms with E-state index in [9.17, 15) is 0 Å². The quantitative estimate of drug-likeness (QED) is 0.752. The van der Waals surface area contributed by atoms with Gasteiger partial charge in [0.15, 0.2) is 0 Å². The van der Waals surface area contributed by atoms with Gasteiger partial charge in [-0.05, 0) is 51.5 Å². The van der Waals surface area contributed by atoms with Gasteiger partial charge in [-0.1, -0.05) is 19.8 Å². The number of rotatable bonds is 6. The largest absolute Gasteiger partial charge is 0.382 e. The van der Waals surface area contributed by atoms with Crippen molar-refractivity contribution in [1.29, 1.82) is 0 Å². The molecule has 0 aromatic rings. The van der Waals surface area contributed by atoms with E-state index in [1.807, 2.05) is 7.11 Å². The predicted octanol–water partition coefficient (Wildman–Crippen LogP) is 3.22. The molecule has 4 atom stereocenters. The maximum absolute atomic E-state index is 5.33. The molecule has 0 aliphatic heterocycles. The second-order valence-corrected chi connectivity index (χ2v) is 5.55. The van der Waals surface area contributed by atoms with Crippen molar-refractivity contribution >= 4 is 0 Å². The third-order valence-corrected chi connectivity index (χ3v) is 4.20. The zero-order chi connectivity index (χ0) is 12.0. The van der Waals surface area contributed by atoms with Crippen molar-refractivity contribution in [3.8, 4) is 0 Å². The topological polar surface area (TPSA) is 21.3 Å². The molecule has 0 saturated heterocycles. The molecule has 1 aliphatic carbocycles. The maximum atomic E-state index is 5.33. The summed E-state index contributed by atoms with van der Waals surface area (Å²) >= 11 is 0. The molecule has 2 nitrogen and oxygen atoms in total. The van der Waals surface area contributed by atoms with Crippen molar-refractivity contribution in [3.63, 3.8) is 0 Å². The molecule has 1 rings (SSSR count). The Morgan fingerprint density at radius 3 is 2.62 bits per heavy atom. The van der Waals surface area contributed by atoms with E-state index in [0.717, 1.165) is 11.8 Å². The van der Waals surface area contributed by atoms with E-state index in [1.165, 1.54) is 38.5 Å². The van der Waals surface area contributed by atoms with Gasteiger partial charge < -0.3 is 10.1 Å². The van der Waals surface area contributed by atoms with Crippen LogP contribution in [-0.2, 0) is 4.74 Å². The Kier molecular flexibility index (Phi) is 6.37. The summed E-state index contributed by atoms with van der Waals surface area (Å²) in [5, 5.41) is 3.52. The first-order chi connectivity index (χ1) is 7.67. The van der Waals surface area contributed by atoms with Crippen molar-refractivity contribution < 1.29 is 4.74 Å². The number of hydrogen-bond acceptors (Lipinski definition) is 2. The fourth-order valence-corrected chi connectivity index (χ4v) is 2.99. The molecule has 0 amide bonds. The Morgan fingerprint density at radius 1 is 1.31 bits per heavy atom. The Labute approximate surface area is 101 Å². The minimum Gasteiger partial charge on any atom is -0.382 e. The Bertz CT molecular complexity index is 184. The fourth-order valence-electron chi connectivity index (χ4n) is 2.99. The molecule has 4 unspecified atom stereocenters. The van der Waals surface area contributed by atoms with Gasteiger partial charge in [0, 0.05) is 13.2 Å². The summed E-state index contributed by atoms with van der Waals surface area (Å²) in [6, 6.07) is 0.695. The minimum absolute atomic E-state index is 0.400. The van der Waals surface area contributed by atoms with Crippen LogP contribution in [0, 0.1) is 11.8 Å². The summed E-state index contributed by atoms with van der Waals surface area (Å²) in [6.45, 7) is 4.56. The Balaban J connectivity index is 2.34. The lowest BCUT2D eigenvalue weighted by Crippen LogP contribution is -2.36. The molecular formula is C14H29NO. The van der Waals surface area contributed by atoms with Crippen LogP contribution in [0.5, 0.6) is 0 Å². The fraction of sp³-hybridized carbons (Fsp3) is 1.00. The van der Waals surface area contributed by atoms with E-state index in [4.69, 9.17) is 4.74 Å². The molecule has 0 bridgehead atoms. The molecule has 1 saturated carbocycles. The number of ether oxygens (including phenoxy) is 1. The summed E-state index contributed by atoms with van der Waals surface area (Å²) in [5.41, 5.74) is 0. The molecule has 1 fully saturated rings. The lowest BCUT2D eigenvalue weighted by atomic mass is 9.77. The molecule has 0 heterocycles. The van der Waals surface area contributed by atoms with E-state index in [0.29, 0.717) is 12.1 Å². The van der Waals surface area contributed by atoms with E-state index >= 15 is 0 Å². The van der Waals surface area contributed by atoms with Crippen LogP contribution in [0.1, 0.15) is 52.4 Å². The molecule has 96 valence electrons. The highest BCUT2D eigenvalue weighted by atomic mass is 16.5. The van der Waals surface area contributed by atoms with Gasteiger partial charge in [-0.15, -0.1) is 0 Å². The van der Waals surface area contributed by atoms with E-state index in [2.05, 4.69) is 26.2 Å². The van der Waals surface area contributed by atoms with Gasteiger partial charge in [-0.3, -0.25) is 0 Å². The average Bonchev–Trinajstić information content (AvgIpc) is 2.29. The van der Waals surface area contributed by atoms with E-state index in [1.54, 1.807) is 0 Å². The van der Waals surface area contributed by atoms with Crippen molar-refractivity contribution in [1.82, 2.24) is 5.32 Å². The molecule has 0 aromatic carbocycles. The lowest BCUT2D eigenvalue weighted by molar-refractivity contribution is 0.100. The molecule has 0 radical (unpaired) electrons. The van der Waals surface area contributed by atoms with Crippen LogP contribution in [0.15, 0.2) is 0 Å². The van der Waals surface area contributed by atoms with Gasteiger partial charge >= 0.3 is 0 Å². The van der Waals surface area contributed by atoms with E-state index < -0.39 is 0 Å². The van der Waals surface area contributed by atoms with Crippen molar-refractivity contribution in [2.24, 2.45) is 11.8 Å². The van der Waals surface area contributed by atoms with Crippen LogP contribution in [0.25, 0.3) is 0 Å². The molecule has 0 spiro atoms. The highest BCUT2D eigenvalue weighted by Gasteiger charge is 2.25. The average molecular weight is 227 g/mol. The van der Waals surface area contributed by atoms with E-state index in [-0.39, 0.29) is 0 Å². The predicted molar refractivity (Wildman–Crippen MR) is 69.7 cm³/mol. The normalized spacial score (nSPS) is 30.0. The summed E-state index contributed by atoms with van der Waals surface area (Å²) in [5.74, 6) is 1.81. The molecule has 2 heteroatoms. The third-order valence-electron chi connectivity index (χ3n) is 4.20. The SMILES string of the molecule is CNC(CCC(C)OC)C1CCCC(C)C1. The maximum Gasteiger partial charge on any atom is 0.0543 e. The van der Waals surface area contributed by atoms with Crippen LogP contribution < -0.4 is 5.32 Å². The Morgan fingerprint density at radius 2 is 2.06 bits per heavy atom. The first-order valence-corrected chi connectivity index (χ1v) is 6.87. The minimum atomic E-state index is 0.400. The number of nitrogens with one attached hydrogen (secondary N) is 1. The van der Waals surface area contributed by atoms with Crippen LogP contribution in [0.4, 0.5) is 0 Å². The van der Waals surface area contributed by atoms with Gasteiger partial charge in [0.05, 0.1) is 6.10 Å². The standard InChI is InChI=1S/C14H29NO/c1-11-6-5-7-13(10-11)14(15-3)9-8-12(2)16-4/h11-15H,5-10H2,1-4H3. The van der Waals surface area contributed by atoms with Crippen molar-refractivity contribution in [3.05, 3.63) is 0 Å². The zero-order valence-electron chi connectivity index (χ0n) is 11.5. The van der Waals surface area contributed by atoms with Crippen LogP contribution in [0.2, 0.25) is 0 Å². The highest BCUT2D eigenvalue weighted by Crippen LogP contribution is 2.32. The highest BCUT2D eigenvalue weighted by molar-refractivity contribution is 4.81. The van der Waals surface area contributed by atoms with Gasteiger partial charge in [-0.2, -0.15) is 0 Å². The van der Waals surface area contributed by atoms with Crippen molar-refractivity contribution in [2.45, 2.75) is 64.5 Å².